The van der Waals surface area contributed by atoms with Gasteiger partial charge in [-0.05, 0) is 23.8 Å². The van der Waals surface area contributed by atoms with Gasteiger partial charge in [-0.3, -0.25) is 4.79 Å². The summed E-state index contributed by atoms with van der Waals surface area (Å²) in [5.41, 5.74) is 1.74. The number of hydrogen-bond acceptors (Lipinski definition) is 1. The fraction of sp³-hybridized carbons (Fsp3) is 0. The van der Waals surface area contributed by atoms with E-state index < -0.39 is 0 Å². The largest absolute Gasteiger partial charge is 0.298 e. The lowest BCUT2D eigenvalue weighted by Gasteiger charge is -2.04. The molecule has 0 spiro atoms. The highest BCUT2D eigenvalue weighted by Gasteiger charge is 2.05. The summed E-state index contributed by atoms with van der Waals surface area (Å²) in [5, 5.41) is 0. The van der Waals surface area contributed by atoms with Crippen LogP contribution in [0.2, 0.25) is 0 Å². The highest BCUT2D eigenvalue weighted by atomic mass is 79.9. The zero-order valence-electron chi connectivity index (χ0n) is 8.28. The maximum absolute atomic E-state index is 13.7. The van der Waals surface area contributed by atoms with Crippen molar-refractivity contribution in [1.82, 2.24) is 0 Å². The molecule has 2 rings (SSSR count). The Morgan fingerprint density at radius 3 is 2.62 bits per heavy atom. The fourth-order valence-electron chi connectivity index (χ4n) is 1.50. The van der Waals surface area contributed by atoms with Gasteiger partial charge in [-0.25, -0.2) is 4.39 Å². The van der Waals surface area contributed by atoms with Crippen LogP contribution >= 0.6 is 15.9 Å². The second-order valence-corrected chi connectivity index (χ2v) is 4.28. The second-order valence-electron chi connectivity index (χ2n) is 3.37. The topological polar surface area (TPSA) is 17.1 Å². The van der Waals surface area contributed by atoms with E-state index in [-0.39, 0.29) is 5.82 Å². The summed E-state index contributed by atoms with van der Waals surface area (Å²) in [5.74, 6) is -0.308. The fourth-order valence-corrected chi connectivity index (χ4v) is 1.84. The SMILES string of the molecule is O=Cc1cccc(-c2ccc(Br)cc2F)c1. The highest BCUT2D eigenvalue weighted by molar-refractivity contribution is 9.10. The Labute approximate surface area is 101 Å². The van der Waals surface area contributed by atoms with Gasteiger partial charge in [-0.2, -0.15) is 0 Å². The van der Waals surface area contributed by atoms with E-state index in [1.807, 2.05) is 0 Å². The van der Waals surface area contributed by atoms with Crippen LogP contribution in [0.3, 0.4) is 0 Å². The van der Waals surface area contributed by atoms with Crippen molar-refractivity contribution in [2.45, 2.75) is 0 Å². The normalized spacial score (nSPS) is 10.1. The van der Waals surface area contributed by atoms with Crippen molar-refractivity contribution in [2.75, 3.05) is 0 Å². The Bertz CT molecular complexity index is 537. The summed E-state index contributed by atoms with van der Waals surface area (Å²) < 4.78 is 14.3. The van der Waals surface area contributed by atoms with Gasteiger partial charge in [-0.1, -0.05) is 40.2 Å². The van der Waals surface area contributed by atoms with Crippen molar-refractivity contribution in [1.29, 1.82) is 0 Å². The van der Waals surface area contributed by atoms with Crippen molar-refractivity contribution in [3.63, 3.8) is 0 Å². The standard InChI is InChI=1S/C13H8BrFO/c14-11-4-5-12(13(15)7-11)10-3-1-2-9(6-10)8-16/h1-8H. The van der Waals surface area contributed by atoms with Crippen LogP contribution < -0.4 is 0 Å². The number of carbonyl (C=O) groups is 1. The van der Waals surface area contributed by atoms with Crippen molar-refractivity contribution in [2.24, 2.45) is 0 Å². The van der Waals surface area contributed by atoms with Crippen LogP contribution in [0, 0.1) is 5.82 Å². The highest BCUT2D eigenvalue weighted by Crippen LogP contribution is 2.25. The molecule has 0 heterocycles. The Morgan fingerprint density at radius 1 is 1.12 bits per heavy atom. The van der Waals surface area contributed by atoms with Gasteiger partial charge in [0.25, 0.3) is 0 Å². The van der Waals surface area contributed by atoms with Crippen LogP contribution in [0.25, 0.3) is 11.1 Å². The second kappa shape index (κ2) is 4.58. The van der Waals surface area contributed by atoms with Gasteiger partial charge in [0.2, 0.25) is 0 Å². The molecule has 0 amide bonds. The molecule has 0 N–H and O–H groups in total. The lowest BCUT2D eigenvalue weighted by molar-refractivity contribution is 0.112. The predicted molar refractivity (Wildman–Crippen MR) is 64.9 cm³/mol. The lowest BCUT2D eigenvalue weighted by atomic mass is 10.0. The van der Waals surface area contributed by atoms with Gasteiger partial charge < -0.3 is 0 Å². The van der Waals surface area contributed by atoms with Gasteiger partial charge >= 0.3 is 0 Å². The predicted octanol–water partition coefficient (Wildman–Crippen LogP) is 4.07. The third-order valence-electron chi connectivity index (χ3n) is 2.26. The zero-order chi connectivity index (χ0) is 11.5. The van der Waals surface area contributed by atoms with Gasteiger partial charge in [-0.15, -0.1) is 0 Å². The molecule has 0 aromatic heterocycles. The van der Waals surface area contributed by atoms with Crippen LogP contribution in [0.15, 0.2) is 46.9 Å². The molecule has 80 valence electrons. The molecule has 0 aliphatic rings. The summed E-state index contributed by atoms with van der Waals surface area (Å²) >= 11 is 3.20. The van der Waals surface area contributed by atoms with Gasteiger partial charge in [0.15, 0.2) is 0 Å². The first-order chi connectivity index (χ1) is 7.70. The molecular weight excluding hydrogens is 271 g/mol. The monoisotopic (exact) mass is 278 g/mol. The van der Waals surface area contributed by atoms with E-state index in [1.54, 1.807) is 36.4 Å². The molecule has 0 aliphatic carbocycles. The molecule has 0 atom stereocenters. The Kier molecular flexibility index (Phi) is 3.15. The third kappa shape index (κ3) is 2.19. The number of hydrogen-bond donors (Lipinski definition) is 0. The van der Waals surface area contributed by atoms with E-state index in [2.05, 4.69) is 15.9 Å². The molecule has 0 saturated heterocycles. The van der Waals surface area contributed by atoms with E-state index in [0.717, 1.165) is 6.29 Å². The first kappa shape index (κ1) is 11.0. The number of aldehydes is 1. The van der Waals surface area contributed by atoms with E-state index in [4.69, 9.17) is 0 Å². The maximum Gasteiger partial charge on any atom is 0.150 e. The summed E-state index contributed by atoms with van der Waals surface area (Å²) in [6.45, 7) is 0. The summed E-state index contributed by atoms with van der Waals surface area (Å²) in [6, 6.07) is 11.7. The van der Waals surface area contributed by atoms with E-state index in [0.29, 0.717) is 21.2 Å². The minimum absolute atomic E-state index is 0.308. The molecular formula is C13H8BrFO. The van der Waals surface area contributed by atoms with E-state index in [9.17, 15) is 9.18 Å². The van der Waals surface area contributed by atoms with Crippen molar-refractivity contribution in [3.05, 3.63) is 58.3 Å². The minimum Gasteiger partial charge on any atom is -0.298 e. The summed E-state index contributed by atoms with van der Waals surface area (Å²) in [4.78, 5) is 10.6. The molecule has 0 fully saturated rings. The number of halogens is 2. The molecule has 0 bridgehead atoms. The van der Waals surface area contributed by atoms with Crippen LogP contribution in [0.5, 0.6) is 0 Å². The molecule has 3 heteroatoms. The van der Waals surface area contributed by atoms with Gasteiger partial charge in [0, 0.05) is 15.6 Å². The van der Waals surface area contributed by atoms with Crippen LogP contribution in [0.4, 0.5) is 4.39 Å². The quantitative estimate of drug-likeness (QED) is 0.757. The Morgan fingerprint density at radius 2 is 1.94 bits per heavy atom. The molecule has 0 radical (unpaired) electrons. The Balaban J connectivity index is 2.53. The van der Waals surface area contributed by atoms with E-state index in [1.165, 1.54) is 6.07 Å². The third-order valence-corrected chi connectivity index (χ3v) is 2.76. The number of benzene rings is 2. The average Bonchev–Trinajstić information content (AvgIpc) is 2.29. The lowest BCUT2D eigenvalue weighted by Crippen LogP contribution is -1.86. The minimum atomic E-state index is -0.308. The first-order valence-corrected chi connectivity index (χ1v) is 5.50. The molecule has 2 aromatic carbocycles. The smallest absolute Gasteiger partial charge is 0.150 e. The van der Waals surface area contributed by atoms with Crippen LogP contribution in [-0.2, 0) is 0 Å². The molecule has 16 heavy (non-hydrogen) atoms. The molecule has 0 unspecified atom stereocenters. The molecule has 1 nitrogen and oxygen atoms in total. The maximum atomic E-state index is 13.7. The zero-order valence-corrected chi connectivity index (χ0v) is 9.87. The van der Waals surface area contributed by atoms with Crippen molar-refractivity contribution in [3.8, 4) is 11.1 Å². The molecule has 2 aromatic rings. The number of carbonyl (C=O) groups excluding carboxylic acids is 1. The van der Waals surface area contributed by atoms with Gasteiger partial charge in [0.05, 0.1) is 0 Å². The summed E-state index contributed by atoms with van der Waals surface area (Å²) in [7, 11) is 0. The summed E-state index contributed by atoms with van der Waals surface area (Å²) in [6.07, 6.45) is 0.750. The van der Waals surface area contributed by atoms with Gasteiger partial charge in [0.1, 0.15) is 12.1 Å². The van der Waals surface area contributed by atoms with E-state index >= 15 is 0 Å². The van der Waals surface area contributed by atoms with Crippen LogP contribution in [0.1, 0.15) is 10.4 Å². The van der Waals surface area contributed by atoms with Crippen molar-refractivity contribution < 1.29 is 9.18 Å². The number of rotatable bonds is 2. The first-order valence-electron chi connectivity index (χ1n) is 4.71. The molecule has 0 aliphatic heterocycles. The molecule has 0 saturated carbocycles. The Hall–Kier alpha value is -1.48. The van der Waals surface area contributed by atoms with Crippen molar-refractivity contribution >= 4 is 22.2 Å². The van der Waals surface area contributed by atoms with Crippen LogP contribution in [-0.4, -0.2) is 6.29 Å². The average molecular weight is 279 g/mol.